The highest BCUT2D eigenvalue weighted by atomic mass is 35.5. The Morgan fingerprint density at radius 2 is 2.07 bits per heavy atom. The van der Waals surface area contributed by atoms with Gasteiger partial charge in [-0.15, -0.1) is 11.3 Å². The molecule has 1 amide bonds. The van der Waals surface area contributed by atoms with Gasteiger partial charge in [-0.25, -0.2) is 4.98 Å². The SMILES string of the molecule is CCOC(=O)Cc1csc(NC(=O)c2ccc(COc3cccc(Cl)c3Cl)o2)n1. The van der Waals surface area contributed by atoms with Crippen molar-refractivity contribution in [3.05, 3.63) is 63.0 Å². The van der Waals surface area contributed by atoms with Crippen molar-refractivity contribution >= 4 is 51.5 Å². The number of nitrogens with one attached hydrogen (secondary N) is 1. The molecule has 10 heteroatoms. The zero-order valence-electron chi connectivity index (χ0n) is 15.2. The Hall–Kier alpha value is -2.55. The zero-order chi connectivity index (χ0) is 20.8. The van der Waals surface area contributed by atoms with Crippen LogP contribution in [0.2, 0.25) is 10.0 Å². The first-order valence-corrected chi connectivity index (χ1v) is 10.2. The maximum atomic E-state index is 12.3. The molecule has 0 bridgehead atoms. The summed E-state index contributed by atoms with van der Waals surface area (Å²) in [6.45, 7) is 2.12. The van der Waals surface area contributed by atoms with E-state index in [1.165, 1.54) is 17.4 Å². The van der Waals surface area contributed by atoms with Gasteiger partial charge in [0.25, 0.3) is 5.91 Å². The third kappa shape index (κ3) is 5.72. The monoisotopic (exact) mass is 454 g/mol. The molecule has 0 unspecified atom stereocenters. The highest BCUT2D eigenvalue weighted by Gasteiger charge is 2.15. The van der Waals surface area contributed by atoms with Gasteiger partial charge in [-0.05, 0) is 31.2 Å². The Balaban J connectivity index is 1.56. The number of esters is 1. The maximum absolute atomic E-state index is 12.3. The molecule has 152 valence electrons. The minimum atomic E-state index is -0.464. The van der Waals surface area contributed by atoms with E-state index in [0.717, 1.165) is 0 Å². The smallest absolute Gasteiger partial charge is 0.311 e. The Morgan fingerprint density at radius 1 is 1.24 bits per heavy atom. The fraction of sp³-hybridized carbons (Fsp3) is 0.211. The largest absolute Gasteiger partial charge is 0.484 e. The van der Waals surface area contributed by atoms with Gasteiger partial charge in [0.2, 0.25) is 0 Å². The first kappa shape index (κ1) is 21.2. The summed E-state index contributed by atoms with van der Waals surface area (Å²) in [4.78, 5) is 28.0. The number of furan rings is 1. The standard InChI is InChI=1S/C19H16Cl2N2O5S/c1-2-26-16(24)8-11-10-29-19(22-11)23-18(25)15-7-6-12(28-15)9-27-14-5-3-4-13(20)17(14)21/h3-7,10H,2,8-9H2,1H3,(H,22,23,25). The summed E-state index contributed by atoms with van der Waals surface area (Å²) in [7, 11) is 0. The number of anilines is 1. The number of hydrogen-bond acceptors (Lipinski definition) is 7. The molecule has 29 heavy (non-hydrogen) atoms. The van der Waals surface area contributed by atoms with Crippen LogP contribution in [0.4, 0.5) is 5.13 Å². The molecule has 0 spiro atoms. The second-order valence-corrected chi connectivity index (χ2v) is 7.33. The van der Waals surface area contributed by atoms with E-state index in [0.29, 0.717) is 39.0 Å². The molecule has 3 aromatic rings. The fourth-order valence-corrected chi connectivity index (χ4v) is 3.34. The van der Waals surface area contributed by atoms with Crippen LogP contribution in [0.1, 0.15) is 28.9 Å². The number of hydrogen-bond donors (Lipinski definition) is 1. The van der Waals surface area contributed by atoms with E-state index in [1.54, 1.807) is 36.6 Å². The average molecular weight is 455 g/mol. The van der Waals surface area contributed by atoms with Crippen LogP contribution in [0.15, 0.2) is 40.1 Å². The topological polar surface area (TPSA) is 90.7 Å². The summed E-state index contributed by atoms with van der Waals surface area (Å²) in [6.07, 6.45) is 0.0501. The molecule has 3 rings (SSSR count). The Kier molecular flexibility index (Phi) is 7.13. The third-order valence-electron chi connectivity index (χ3n) is 3.57. The summed E-state index contributed by atoms with van der Waals surface area (Å²) in [6, 6.07) is 8.21. The van der Waals surface area contributed by atoms with Crippen LogP contribution in [0.5, 0.6) is 5.75 Å². The number of rotatable bonds is 8. The van der Waals surface area contributed by atoms with Gasteiger partial charge in [-0.3, -0.25) is 14.9 Å². The van der Waals surface area contributed by atoms with Gasteiger partial charge in [0.1, 0.15) is 23.1 Å². The van der Waals surface area contributed by atoms with E-state index in [2.05, 4.69) is 10.3 Å². The lowest BCUT2D eigenvalue weighted by Gasteiger charge is -2.07. The van der Waals surface area contributed by atoms with Gasteiger partial charge in [-0.1, -0.05) is 29.3 Å². The van der Waals surface area contributed by atoms with E-state index in [9.17, 15) is 9.59 Å². The minimum Gasteiger partial charge on any atom is -0.484 e. The van der Waals surface area contributed by atoms with Crippen molar-refractivity contribution in [3.63, 3.8) is 0 Å². The number of benzene rings is 1. The Bertz CT molecular complexity index is 1020. The van der Waals surface area contributed by atoms with Crippen LogP contribution in [0.25, 0.3) is 0 Å². The van der Waals surface area contributed by atoms with Crippen molar-refractivity contribution in [2.24, 2.45) is 0 Å². The second kappa shape index (κ2) is 9.78. The van der Waals surface area contributed by atoms with Crippen molar-refractivity contribution < 1.29 is 23.5 Å². The molecule has 0 atom stereocenters. The first-order valence-electron chi connectivity index (χ1n) is 8.53. The number of carbonyl (C=O) groups excluding carboxylic acids is 2. The van der Waals surface area contributed by atoms with E-state index in [1.807, 2.05) is 0 Å². The van der Waals surface area contributed by atoms with Crippen LogP contribution in [0, 0.1) is 0 Å². The molecule has 7 nitrogen and oxygen atoms in total. The van der Waals surface area contributed by atoms with Crippen molar-refractivity contribution in [1.82, 2.24) is 4.98 Å². The van der Waals surface area contributed by atoms with Crippen molar-refractivity contribution in [1.29, 1.82) is 0 Å². The van der Waals surface area contributed by atoms with Crippen LogP contribution in [-0.2, 0) is 22.6 Å². The number of halogens is 2. The number of amides is 1. The van der Waals surface area contributed by atoms with Crippen molar-refractivity contribution in [2.75, 3.05) is 11.9 Å². The zero-order valence-corrected chi connectivity index (χ0v) is 17.6. The van der Waals surface area contributed by atoms with Crippen LogP contribution >= 0.6 is 34.5 Å². The number of thiazole rings is 1. The molecule has 0 aliphatic heterocycles. The number of aromatic nitrogens is 1. The summed E-state index contributed by atoms with van der Waals surface area (Å²) in [5.74, 6) is 0.120. The summed E-state index contributed by atoms with van der Waals surface area (Å²) in [5, 5.41) is 5.36. The molecule has 0 aliphatic rings. The summed E-state index contributed by atoms with van der Waals surface area (Å²) in [5.41, 5.74) is 0.524. The van der Waals surface area contributed by atoms with Gasteiger partial charge in [0.15, 0.2) is 10.9 Å². The van der Waals surface area contributed by atoms with E-state index >= 15 is 0 Å². The molecule has 0 saturated heterocycles. The van der Waals surface area contributed by atoms with Gasteiger partial charge in [0.05, 0.1) is 23.7 Å². The van der Waals surface area contributed by atoms with Crippen LogP contribution < -0.4 is 10.1 Å². The van der Waals surface area contributed by atoms with Gasteiger partial charge in [0, 0.05) is 5.38 Å². The molecule has 1 N–H and O–H groups in total. The molecular weight excluding hydrogens is 439 g/mol. The molecule has 2 aromatic heterocycles. The van der Waals surface area contributed by atoms with Gasteiger partial charge < -0.3 is 13.9 Å². The molecule has 0 aliphatic carbocycles. The van der Waals surface area contributed by atoms with Crippen molar-refractivity contribution in [2.45, 2.75) is 20.0 Å². The molecule has 0 fully saturated rings. The van der Waals surface area contributed by atoms with E-state index in [-0.39, 0.29) is 24.8 Å². The predicted molar refractivity (Wildman–Crippen MR) is 110 cm³/mol. The summed E-state index contributed by atoms with van der Waals surface area (Å²) < 4.78 is 16.0. The normalized spacial score (nSPS) is 10.6. The fourth-order valence-electron chi connectivity index (χ4n) is 2.29. The van der Waals surface area contributed by atoms with Crippen LogP contribution in [-0.4, -0.2) is 23.5 Å². The van der Waals surface area contributed by atoms with Gasteiger partial charge >= 0.3 is 5.97 Å². The Morgan fingerprint density at radius 3 is 2.86 bits per heavy atom. The maximum Gasteiger partial charge on any atom is 0.311 e. The van der Waals surface area contributed by atoms with Gasteiger partial charge in [-0.2, -0.15) is 0 Å². The lowest BCUT2D eigenvalue weighted by atomic mass is 10.3. The molecule has 0 radical (unpaired) electrons. The quantitative estimate of drug-likeness (QED) is 0.482. The Labute approximate surface area is 180 Å². The highest BCUT2D eigenvalue weighted by Crippen LogP contribution is 2.32. The minimum absolute atomic E-state index is 0.0501. The van der Waals surface area contributed by atoms with Crippen molar-refractivity contribution in [3.8, 4) is 5.75 Å². The molecule has 2 heterocycles. The highest BCUT2D eigenvalue weighted by molar-refractivity contribution is 7.14. The lowest BCUT2D eigenvalue weighted by molar-refractivity contribution is -0.142. The third-order valence-corrected chi connectivity index (χ3v) is 5.18. The number of ether oxygens (including phenoxy) is 2. The number of nitrogens with zero attached hydrogens (tertiary/aromatic N) is 1. The molecular formula is C19H16Cl2N2O5S. The molecule has 0 saturated carbocycles. The summed E-state index contributed by atoms with van der Waals surface area (Å²) >= 11 is 13.2. The van der Waals surface area contributed by atoms with Crippen LogP contribution in [0.3, 0.4) is 0 Å². The predicted octanol–water partition coefficient (Wildman–Crippen LogP) is 4.98. The lowest BCUT2D eigenvalue weighted by Crippen LogP contribution is -2.11. The van der Waals surface area contributed by atoms with E-state index < -0.39 is 5.91 Å². The second-order valence-electron chi connectivity index (χ2n) is 5.69. The number of carbonyl (C=O) groups is 2. The molecule has 1 aromatic carbocycles. The van der Waals surface area contributed by atoms with E-state index in [4.69, 9.17) is 37.1 Å². The average Bonchev–Trinajstić information content (AvgIpc) is 3.33. The first-order chi connectivity index (χ1) is 14.0.